The van der Waals surface area contributed by atoms with Crippen LogP contribution in [0.2, 0.25) is 0 Å². The number of ether oxygens (including phenoxy) is 1. The number of piperidine rings is 1. The Balaban J connectivity index is 2.19. The smallest absolute Gasteiger partial charge is 0.220 e. The minimum absolute atomic E-state index is 0.0775. The fourth-order valence-corrected chi connectivity index (χ4v) is 2.92. The molecular weight excluding hydrogens is 306 g/mol. The van der Waals surface area contributed by atoms with Crippen LogP contribution in [0.15, 0.2) is 4.99 Å². The van der Waals surface area contributed by atoms with Crippen LogP contribution < -0.4 is 16.4 Å². The highest BCUT2D eigenvalue weighted by Crippen LogP contribution is 2.16. The van der Waals surface area contributed by atoms with Crippen molar-refractivity contribution in [2.75, 3.05) is 46.4 Å². The minimum Gasteiger partial charge on any atom is -0.383 e. The van der Waals surface area contributed by atoms with E-state index in [1.807, 2.05) is 0 Å². The molecule has 140 valence electrons. The zero-order valence-electron chi connectivity index (χ0n) is 15.5. The second kappa shape index (κ2) is 12.1. The molecule has 0 aromatic heterocycles. The minimum atomic E-state index is -0.143. The first-order valence-electron chi connectivity index (χ1n) is 9.12. The molecule has 0 radical (unpaired) electrons. The first kappa shape index (κ1) is 20.7. The fraction of sp³-hybridized carbons (Fsp3) is 0.882. The van der Waals surface area contributed by atoms with Gasteiger partial charge in [-0.1, -0.05) is 0 Å². The zero-order chi connectivity index (χ0) is 17.8. The first-order chi connectivity index (χ1) is 11.6. The lowest BCUT2D eigenvalue weighted by Gasteiger charge is -2.30. The molecule has 1 fully saturated rings. The highest BCUT2D eigenvalue weighted by atomic mass is 16.5. The van der Waals surface area contributed by atoms with E-state index >= 15 is 0 Å². The van der Waals surface area contributed by atoms with Crippen molar-refractivity contribution in [2.24, 2.45) is 16.6 Å². The zero-order valence-corrected chi connectivity index (χ0v) is 15.5. The molecule has 1 aliphatic heterocycles. The molecule has 1 rings (SSSR count). The summed E-state index contributed by atoms with van der Waals surface area (Å²) in [6.07, 6.45) is 3.99. The number of carbonyl (C=O) groups is 1. The van der Waals surface area contributed by atoms with Gasteiger partial charge in [0.15, 0.2) is 5.96 Å². The van der Waals surface area contributed by atoms with E-state index in [1.54, 1.807) is 7.11 Å². The molecule has 0 saturated carbocycles. The average molecular weight is 342 g/mol. The number of carbonyl (C=O) groups excluding carboxylic acids is 1. The Morgan fingerprint density at radius 2 is 2.08 bits per heavy atom. The van der Waals surface area contributed by atoms with Crippen LogP contribution in [0.4, 0.5) is 0 Å². The average Bonchev–Trinajstić information content (AvgIpc) is 2.55. The molecule has 7 nitrogen and oxygen atoms in total. The van der Waals surface area contributed by atoms with Gasteiger partial charge in [0.1, 0.15) is 0 Å². The Labute approximate surface area is 146 Å². The number of nitrogens with zero attached hydrogens (tertiary/aromatic N) is 2. The number of primary amides is 1. The molecule has 0 aromatic carbocycles. The summed E-state index contributed by atoms with van der Waals surface area (Å²) in [5.74, 6) is 0.785. The fourth-order valence-electron chi connectivity index (χ4n) is 2.92. The quantitative estimate of drug-likeness (QED) is 0.307. The van der Waals surface area contributed by atoms with Crippen molar-refractivity contribution < 1.29 is 9.53 Å². The van der Waals surface area contributed by atoms with Gasteiger partial charge >= 0.3 is 0 Å². The molecule has 24 heavy (non-hydrogen) atoms. The highest BCUT2D eigenvalue weighted by molar-refractivity contribution is 5.80. The number of guanidine groups is 1. The van der Waals surface area contributed by atoms with Crippen LogP contribution in [-0.2, 0) is 9.53 Å². The van der Waals surface area contributed by atoms with Gasteiger partial charge in [-0.25, -0.2) is 0 Å². The molecular formula is C17H35N5O2. The van der Waals surface area contributed by atoms with Crippen LogP contribution in [0.1, 0.15) is 39.5 Å². The first-order valence-corrected chi connectivity index (χ1v) is 9.12. The Morgan fingerprint density at radius 1 is 1.38 bits per heavy atom. The number of hydrogen-bond donors (Lipinski definition) is 3. The summed E-state index contributed by atoms with van der Waals surface area (Å²) in [5, 5.41) is 6.59. The van der Waals surface area contributed by atoms with Crippen LogP contribution in [0.25, 0.3) is 0 Å². The van der Waals surface area contributed by atoms with Crippen LogP contribution >= 0.6 is 0 Å². The van der Waals surface area contributed by atoms with Crippen LogP contribution in [0.5, 0.6) is 0 Å². The second-order valence-electron chi connectivity index (χ2n) is 6.49. The molecule has 0 aliphatic carbocycles. The van der Waals surface area contributed by atoms with Crippen LogP contribution in [-0.4, -0.2) is 69.2 Å². The van der Waals surface area contributed by atoms with Crippen molar-refractivity contribution in [3.05, 3.63) is 0 Å². The Kier molecular flexibility index (Phi) is 10.4. The topological polar surface area (TPSA) is 92.0 Å². The number of nitrogens with two attached hydrogens (primary N) is 1. The van der Waals surface area contributed by atoms with Crippen molar-refractivity contribution in [1.29, 1.82) is 0 Å². The molecule has 1 unspecified atom stereocenters. The third kappa shape index (κ3) is 8.49. The van der Waals surface area contributed by atoms with Gasteiger partial charge in [0, 0.05) is 32.2 Å². The van der Waals surface area contributed by atoms with Crippen molar-refractivity contribution in [3.63, 3.8) is 0 Å². The maximum atomic E-state index is 11.2. The van der Waals surface area contributed by atoms with E-state index in [1.165, 1.54) is 0 Å². The molecule has 0 aromatic rings. The molecule has 0 bridgehead atoms. The van der Waals surface area contributed by atoms with E-state index < -0.39 is 0 Å². The second-order valence-corrected chi connectivity index (χ2v) is 6.49. The Hall–Kier alpha value is -1.34. The number of hydrogen-bond acceptors (Lipinski definition) is 4. The molecule has 1 heterocycles. The third-order valence-corrected chi connectivity index (χ3v) is 4.29. The number of nitrogens with one attached hydrogen (secondary N) is 2. The Bertz CT molecular complexity index is 381. The molecule has 1 amide bonds. The molecule has 4 N–H and O–H groups in total. The largest absolute Gasteiger partial charge is 0.383 e. The lowest BCUT2D eigenvalue weighted by atomic mass is 9.96. The van der Waals surface area contributed by atoms with E-state index in [9.17, 15) is 4.79 Å². The molecule has 7 heteroatoms. The number of aliphatic imine (C=N–C) groups is 1. The normalized spacial score (nSPS) is 18.4. The molecule has 1 aliphatic rings. The number of amides is 1. The van der Waals surface area contributed by atoms with Gasteiger partial charge in [0.05, 0.1) is 6.61 Å². The summed E-state index contributed by atoms with van der Waals surface area (Å²) in [6, 6.07) is 0.236. The van der Waals surface area contributed by atoms with E-state index in [2.05, 4.69) is 34.4 Å². The molecule has 1 saturated heterocycles. The number of rotatable bonds is 10. The highest BCUT2D eigenvalue weighted by Gasteiger charge is 2.22. The van der Waals surface area contributed by atoms with Crippen molar-refractivity contribution >= 4 is 11.9 Å². The van der Waals surface area contributed by atoms with Crippen LogP contribution in [0, 0.1) is 5.92 Å². The molecule has 0 spiro atoms. The van der Waals surface area contributed by atoms with Gasteiger partial charge in [0.25, 0.3) is 0 Å². The van der Waals surface area contributed by atoms with Gasteiger partial charge in [-0.05, 0) is 59.2 Å². The summed E-state index contributed by atoms with van der Waals surface area (Å²) in [4.78, 5) is 18.2. The SMILES string of the molecule is CCNC(=NCCCCN1CCC(C(N)=O)CC1)NC(C)COC. The summed E-state index contributed by atoms with van der Waals surface area (Å²) in [6.45, 7) is 9.50. The number of unbranched alkanes of at least 4 members (excludes halogenated alkanes) is 1. The van der Waals surface area contributed by atoms with E-state index in [4.69, 9.17) is 10.5 Å². The maximum absolute atomic E-state index is 11.2. The molecule has 1 atom stereocenters. The van der Waals surface area contributed by atoms with Gasteiger partial charge in [-0.15, -0.1) is 0 Å². The van der Waals surface area contributed by atoms with Crippen molar-refractivity contribution in [2.45, 2.75) is 45.6 Å². The summed E-state index contributed by atoms with van der Waals surface area (Å²) >= 11 is 0. The van der Waals surface area contributed by atoms with Crippen molar-refractivity contribution in [3.8, 4) is 0 Å². The predicted molar refractivity (Wildman–Crippen MR) is 98.0 cm³/mol. The number of methoxy groups -OCH3 is 1. The lowest BCUT2D eigenvalue weighted by molar-refractivity contribution is -0.123. The van der Waals surface area contributed by atoms with Gasteiger partial charge in [-0.3, -0.25) is 9.79 Å². The van der Waals surface area contributed by atoms with Gasteiger partial charge < -0.3 is 26.0 Å². The summed E-state index contributed by atoms with van der Waals surface area (Å²) in [5.41, 5.74) is 5.37. The van der Waals surface area contributed by atoms with Crippen molar-refractivity contribution in [1.82, 2.24) is 15.5 Å². The number of likely N-dealkylation sites (tertiary alicyclic amines) is 1. The van der Waals surface area contributed by atoms with E-state index in [0.717, 1.165) is 64.4 Å². The lowest BCUT2D eigenvalue weighted by Crippen LogP contribution is -2.44. The summed E-state index contributed by atoms with van der Waals surface area (Å²) in [7, 11) is 1.70. The summed E-state index contributed by atoms with van der Waals surface area (Å²) < 4.78 is 5.14. The van der Waals surface area contributed by atoms with Gasteiger partial charge in [0.2, 0.25) is 5.91 Å². The Morgan fingerprint density at radius 3 is 2.67 bits per heavy atom. The predicted octanol–water partition coefficient (Wildman–Crippen LogP) is 0.554. The monoisotopic (exact) mass is 341 g/mol. The van der Waals surface area contributed by atoms with Gasteiger partial charge in [-0.2, -0.15) is 0 Å². The standard InChI is InChI=1S/C17H35N5O2/c1-4-19-17(21-14(2)13-24-3)20-9-5-6-10-22-11-7-15(8-12-22)16(18)23/h14-15H,4-13H2,1-3H3,(H2,18,23)(H2,19,20,21). The van der Waals surface area contributed by atoms with Crippen LogP contribution in [0.3, 0.4) is 0 Å². The maximum Gasteiger partial charge on any atom is 0.220 e. The van der Waals surface area contributed by atoms with E-state index in [-0.39, 0.29) is 17.9 Å². The van der Waals surface area contributed by atoms with E-state index in [0.29, 0.717) is 6.61 Å². The third-order valence-electron chi connectivity index (χ3n) is 4.29.